The molecule has 21 heavy (non-hydrogen) atoms. The Hall–Kier alpha value is -2.13. The fourth-order valence-corrected chi connectivity index (χ4v) is 2.29. The van der Waals surface area contributed by atoms with Gasteiger partial charge in [-0.25, -0.2) is 0 Å². The summed E-state index contributed by atoms with van der Waals surface area (Å²) in [6.07, 6.45) is 0. The topological polar surface area (TPSA) is 29.5 Å². The van der Waals surface area contributed by atoms with Crippen LogP contribution in [-0.4, -0.2) is 24.0 Å². The molecule has 110 valence electrons. The van der Waals surface area contributed by atoms with Crippen LogP contribution in [-0.2, 0) is 22.6 Å². The van der Waals surface area contributed by atoms with Crippen molar-refractivity contribution in [2.45, 2.75) is 26.1 Å². The molecule has 0 amide bonds. The van der Waals surface area contributed by atoms with Crippen molar-refractivity contribution in [3.63, 3.8) is 0 Å². The maximum atomic E-state index is 11.9. The Morgan fingerprint density at radius 3 is 1.76 bits per heavy atom. The Kier molecular flexibility index (Phi) is 5.52. The van der Waals surface area contributed by atoms with Crippen LogP contribution < -0.4 is 0 Å². The Morgan fingerprint density at radius 2 is 1.38 bits per heavy atom. The van der Waals surface area contributed by atoms with E-state index in [2.05, 4.69) is 29.2 Å². The van der Waals surface area contributed by atoms with Gasteiger partial charge >= 0.3 is 5.97 Å². The lowest BCUT2D eigenvalue weighted by Gasteiger charge is -2.27. The minimum atomic E-state index is -0.282. The van der Waals surface area contributed by atoms with Crippen LogP contribution in [0.1, 0.15) is 18.1 Å². The first kappa shape index (κ1) is 15.3. The molecule has 0 aliphatic heterocycles. The van der Waals surface area contributed by atoms with Gasteiger partial charge in [-0.05, 0) is 18.1 Å². The molecule has 2 aromatic carbocycles. The van der Waals surface area contributed by atoms with Crippen molar-refractivity contribution in [3.8, 4) is 0 Å². The summed E-state index contributed by atoms with van der Waals surface area (Å²) in [6.45, 7) is 3.32. The van der Waals surface area contributed by atoms with Crippen LogP contribution in [0, 0.1) is 0 Å². The number of methoxy groups -OCH3 is 1. The lowest BCUT2D eigenvalue weighted by atomic mass is 10.1. The van der Waals surface area contributed by atoms with E-state index in [0.29, 0.717) is 13.1 Å². The van der Waals surface area contributed by atoms with Gasteiger partial charge in [0.15, 0.2) is 0 Å². The molecule has 0 aliphatic rings. The lowest BCUT2D eigenvalue weighted by Crippen LogP contribution is -2.38. The first-order valence-corrected chi connectivity index (χ1v) is 7.10. The Balaban J connectivity index is 2.15. The molecule has 0 saturated heterocycles. The molecular weight excluding hydrogens is 262 g/mol. The highest BCUT2D eigenvalue weighted by Crippen LogP contribution is 2.14. The zero-order valence-electron chi connectivity index (χ0n) is 12.5. The molecule has 0 bridgehead atoms. The van der Waals surface area contributed by atoms with E-state index in [4.69, 9.17) is 4.74 Å². The summed E-state index contributed by atoms with van der Waals surface area (Å²) < 4.78 is 4.89. The number of carbonyl (C=O) groups excluding carboxylic acids is 1. The van der Waals surface area contributed by atoms with E-state index in [1.807, 2.05) is 43.3 Å². The van der Waals surface area contributed by atoms with E-state index in [0.717, 1.165) is 0 Å². The van der Waals surface area contributed by atoms with Crippen molar-refractivity contribution in [3.05, 3.63) is 71.8 Å². The molecule has 0 spiro atoms. The Bertz CT molecular complexity index is 512. The molecule has 0 radical (unpaired) electrons. The largest absolute Gasteiger partial charge is 0.468 e. The van der Waals surface area contributed by atoms with Gasteiger partial charge in [-0.2, -0.15) is 0 Å². The third-order valence-electron chi connectivity index (χ3n) is 3.55. The molecule has 0 aromatic heterocycles. The molecule has 0 aliphatic carbocycles. The average Bonchev–Trinajstić information content (AvgIpc) is 2.54. The first-order valence-electron chi connectivity index (χ1n) is 7.10. The standard InChI is InChI=1S/C18H21NO2/c1-15(18(20)21-2)19(13-16-9-5-3-6-10-16)14-17-11-7-4-8-12-17/h3-12,15H,13-14H2,1-2H3. The van der Waals surface area contributed by atoms with Gasteiger partial charge in [-0.15, -0.1) is 0 Å². The number of nitrogens with zero attached hydrogens (tertiary/aromatic N) is 1. The predicted octanol–water partition coefficient (Wildman–Crippen LogP) is 3.25. The van der Waals surface area contributed by atoms with Crippen LogP contribution in [0.3, 0.4) is 0 Å². The molecule has 0 N–H and O–H groups in total. The maximum absolute atomic E-state index is 11.9. The molecule has 3 heteroatoms. The van der Waals surface area contributed by atoms with Crippen molar-refractivity contribution >= 4 is 5.97 Å². The minimum Gasteiger partial charge on any atom is -0.468 e. The normalized spacial score (nSPS) is 12.1. The van der Waals surface area contributed by atoms with Crippen molar-refractivity contribution < 1.29 is 9.53 Å². The fraction of sp³-hybridized carbons (Fsp3) is 0.278. The van der Waals surface area contributed by atoms with Crippen LogP contribution in [0.4, 0.5) is 0 Å². The van der Waals surface area contributed by atoms with Crippen molar-refractivity contribution in [1.29, 1.82) is 0 Å². The molecule has 0 heterocycles. The molecular formula is C18H21NO2. The van der Waals surface area contributed by atoms with E-state index in [1.54, 1.807) is 0 Å². The summed E-state index contributed by atoms with van der Waals surface area (Å²) in [4.78, 5) is 14.0. The Morgan fingerprint density at radius 1 is 0.952 bits per heavy atom. The highest BCUT2D eigenvalue weighted by Gasteiger charge is 2.22. The van der Waals surface area contributed by atoms with Gasteiger partial charge in [-0.1, -0.05) is 60.7 Å². The van der Waals surface area contributed by atoms with Crippen LogP contribution in [0.15, 0.2) is 60.7 Å². The SMILES string of the molecule is COC(=O)C(C)N(Cc1ccccc1)Cc1ccccc1. The zero-order valence-corrected chi connectivity index (χ0v) is 12.5. The smallest absolute Gasteiger partial charge is 0.322 e. The second-order valence-electron chi connectivity index (χ2n) is 5.08. The second kappa shape index (κ2) is 7.60. The third-order valence-corrected chi connectivity index (χ3v) is 3.55. The number of ether oxygens (including phenoxy) is 1. The summed E-state index contributed by atoms with van der Waals surface area (Å²) in [5, 5.41) is 0. The number of esters is 1. The van der Waals surface area contributed by atoms with Crippen molar-refractivity contribution in [2.75, 3.05) is 7.11 Å². The first-order chi connectivity index (χ1) is 10.2. The zero-order chi connectivity index (χ0) is 15.1. The van der Waals surface area contributed by atoms with Crippen LogP contribution in [0.25, 0.3) is 0 Å². The maximum Gasteiger partial charge on any atom is 0.322 e. The summed E-state index contributed by atoms with van der Waals surface area (Å²) in [6, 6.07) is 20.0. The van der Waals surface area contributed by atoms with Crippen LogP contribution in [0.5, 0.6) is 0 Å². The molecule has 3 nitrogen and oxygen atoms in total. The van der Waals surface area contributed by atoms with E-state index >= 15 is 0 Å². The lowest BCUT2D eigenvalue weighted by molar-refractivity contribution is -0.146. The van der Waals surface area contributed by atoms with Gasteiger partial charge in [0.1, 0.15) is 6.04 Å². The molecule has 2 rings (SSSR count). The number of hydrogen-bond acceptors (Lipinski definition) is 3. The van der Waals surface area contributed by atoms with Crippen LogP contribution in [0.2, 0.25) is 0 Å². The molecule has 1 atom stereocenters. The van der Waals surface area contributed by atoms with E-state index in [1.165, 1.54) is 18.2 Å². The summed E-state index contributed by atoms with van der Waals surface area (Å²) in [7, 11) is 1.43. The van der Waals surface area contributed by atoms with E-state index < -0.39 is 0 Å². The predicted molar refractivity (Wildman–Crippen MR) is 83.6 cm³/mol. The van der Waals surface area contributed by atoms with Crippen molar-refractivity contribution in [2.24, 2.45) is 0 Å². The van der Waals surface area contributed by atoms with Crippen LogP contribution >= 0.6 is 0 Å². The summed E-state index contributed by atoms with van der Waals surface area (Å²) in [5.41, 5.74) is 2.37. The van der Waals surface area contributed by atoms with Gasteiger partial charge < -0.3 is 4.74 Å². The van der Waals surface area contributed by atoms with Gasteiger partial charge in [0, 0.05) is 13.1 Å². The second-order valence-corrected chi connectivity index (χ2v) is 5.08. The van der Waals surface area contributed by atoms with Gasteiger partial charge in [-0.3, -0.25) is 9.69 Å². The minimum absolute atomic E-state index is 0.207. The highest BCUT2D eigenvalue weighted by atomic mass is 16.5. The average molecular weight is 283 g/mol. The Labute approximate surface area is 126 Å². The fourth-order valence-electron chi connectivity index (χ4n) is 2.29. The van der Waals surface area contributed by atoms with Gasteiger partial charge in [0.2, 0.25) is 0 Å². The van der Waals surface area contributed by atoms with Gasteiger partial charge in [0.05, 0.1) is 7.11 Å². The van der Waals surface area contributed by atoms with E-state index in [-0.39, 0.29) is 12.0 Å². The molecule has 0 fully saturated rings. The van der Waals surface area contributed by atoms with E-state index in [9.17, 15) is 4.79 Å². The molecule has 0 saturated carbocycles. The molecule has 2 aromatic rings. The van der Waals surface area contributed by atoms with Gasteiger partial charge in [0.25, 0.3) is 0 Å². The van der Waals surface area contributed by atoms with Crippen molar-refractivity contribution in [1.82, 2.24) is 4.90 Å². The number of rotatable bonds is 6. The quantitative estimate of drug-likeness (QED) is 0.762. The number of hydrogen-bond donors (Lipinski definition) is 0. The highest BCUT2D eigenvalue weighted by molar-refractivity contribution is 5.75. The third kappa shape index (κ3) is 4.43. The summed E-state index contributed by atoms with van der Waals surface area (Å²) in [5.74, 6) is -0.207. The summed E-state index contributed by atoms with van der Waals surface area (Å²) >= 11 is 0. The monoisotopic (exact) mass is 283 g/mol. The number of carbonyl (C=O) groups is 1. The number of benzene rings is 2. The molecule has 1 unspecified atom stereocenters.